The SMILES string of the molecule is O=C(O)NC(C(=O)CBr)C1CCCC(F)(F)C1. The van der Waals surface area contributed by atoms with Gasteiger partial charge in [0.15, 0.2) is 5.78 Å². The second kappa shape index (κ2) is 5.75. The monoisotopic (exact) mass is 313 g/mol. The largest absolute Gasteiger partial charge is 0.465 e. The summed E-state index contributed by atoms with van der Waals surface area (Å²) >= 11 is 2.93. The highest BCUT2D eigenvalue weighted by Gasteiger charge is 2.41. The van der Waals surface area contributed by atoms with Gasteiger partial charge < -0.3 is 10.4 Å². The van der Waals surface area contributed by atoms with Crippen LogP contribution in [0.15, 0.2) is 0 Å². The second-order valence-electron chi connectivity index (χ2n) is 4.24. The summed E-state index contributed by atoms with van der Waals surface area (Å²) in [5, 5.41) is 10.6. The maximum atomic E-state index is 13.2. The third-order valence-electron chi connectivity index (χ3n) is 2.91. The molecule has 0 aromatic carbocycles. The summed E-state index contributed by atoms with van der Waals surface area (Å²) in [7, 11) is 0. The summed E-state index contributed by atoms with van der Waals surface area (Å²) in [4.78, 5) is 22.1. The maximum absolute atomic E-state index is 13.2. The molecule has 1 rings (SSSR count). The smallest absolute Gasteiger partial charge is 0.405 e. The van der Waals surface area contributed by atoms with Crippen LogP contribution >= 0.6 is 15.9 Å². The fourth-order valence-corrected chi connectivity index (χ4v) is 2.52. The first-order valence-electron chi connectivity index (χ1n) is 5.31. The number of rotatable bonds is 4. The van der Waals surface area contributed by atoms with Crippen LogP contribution in [0.5, 0.6) is 0 Å². The fraction of sp³-hybridized carbons (Fsp3) is 0.800. The van der Waals surface area contributed by atoms with Crippen molar-refractivity contribution in [3.63, 3.8) is 0 Å². The molecule has 0 spiro atoms. The van der Waals surface area contributed by atoms with Gasteiger partial charge in [-0.2, -0.15) is 0 Å². The molecule has 0 bridgehead atoms. The zero-order chi connectivity index (χ0) is 13.1. The van der Waals surface area contributed by atoms with E-state index in [1.807, 2.05) is 5.32 Å². The number of carbonyl (C=O) groups is 2. The van der Waals surface area contributed by atoms with Gasteiger partial charge in [0, 0.05) is 12.8 Å². The van der Waals surface area contributed by atoms with Crippen LogP contribution in [0.25, 0.3) is 0 Å². The average molecular weight is 314 g/mol. The first-order chi connectivity index (χ1) is 7.85. The minimum atomic E-state index is -2.80. The van der Waals surface area contributed by atoms with E-state index in [2.05, 4.69) is 15.9 Å². The lowest BCUT2D eigenvalue weighted by Gasteiger charge is -2.33. The molecule has 7 heteroatoms. The van der Waals surface area contributed by atoms with E-state index in [0.29, 0.717) is 12.8 Å². The van der Waals surface area contributed by atoms with Crippen molar-refractivity contribution in [2.24, 2.45) is 5.92 Å². The molecule has 0 heterocycles. The molecule has 1 fully saturated rings. The van der Waals surface area contributed by atoms with Crippen LogP contribution in [-0.2, 0) is 4.79 Å². The molecule has 0 aliphatic heterocycles. The van der Waals surface area contributed by atoms with Crippen LogP contribution in [-0.4, -0.2) is 34.3 Å². The summed E-state index contributed by atoms with van der Waals surface area (Å²) < 4.78 is 26.4. The van der Waals surface area contributed by atoms with Crippen molar-refractivity contribution in [2.75, 3.05) is 5.33 Å². The Hall–Kier alpha value is -0.720. The molecular formula is C10H14BrF2NO3. The van der Waals surface area contributed by atoms with E-state index in [-0.39, 0.29) is 11.8 Å². The van der Waals surface area contributed by atoms with Gasteiger partial charge in [-0.1, -0.05) is 15.9 Å². The lowest BCUT2D eigenvalue weighted by atomic mass is 9.80. The first-order valence-corrected chi connectivity index (χ1v) is 6.44. The molecule has 1 saturated carbocycles. The number of nitrogens with one attached hydrogen (secondary N) is 1. The van der Waals surface area contributed by atoms with E-state index in [1.54, 1.807) is 0 Å². The molecule has 4 nitrogen and oxygen atoms in total. The predicted octanol–water partition coefficient (Wildman–Crippen LogP) is 2.41. The molecule has 0 aromatic heterocycles. The van der Waals surface area contributed by atoms with E-state index < -0.39 is 36.2 Å². The molecule has 2 N–H and O–H groups in total. The van der Waals surface area contributed by atoms with Gasteiger partial charge in [-0.05, 0) is 18.8 Å². The normalized spacial score (nSPS) is 25.0. The van der Waals surface area contributed by atoms with Crippen molar-refractivity contribution >= 4 is 27.8 Å². The van der Waals surface area contributed by atoms with Crippen molar-refractivity contribution in [3.05, 3.63) is 0 Å². The Morgan fingerprint density at radius 2 is 2.18 bits per heavy atom. The van der Waals surface area contributed by atoms with Gasteiger partial charge >= 0.3 is 6.09 Å². The minimum absolute atomic E-state index is 0.0416. The minimum Gasteiger partial charge on any atom is -0.465 e. The summed E-state index contributed by atoms with van der Waals surface area (Å²) in [5.74, 6) is -3.83. The lowest BCUT2D eigenvalue weighted by Crippen LogP contribution is -2.48. The Labute approximate surface area is 106 Å². The van der Waals surface area contributed by atoms with E-state index in [4.69, 9.17) is 5.11 Å². The molecule has 1 aliphatic carbocycles. The summed E-state index contributed by atoms with van der Waals surface area (Å²) in [6.45, 7) is 0. The van der Waals surface area contributed by atoms with Crippen LogP contribution < -0.4 is 5.32 Å². The molecule has 17 heavy (non-hydrogen) atoms. The van der Waals surface area contributed by atoms with Crippen LogP contribution in [0.3, 0.4) is 0 Å². The van der Waals surface area contributed by atoms with Gasteiger partial charge in [0.25, 0.3) is 0 Å². The average Bonchev–Trinajstić information content (AvgIpc) is 2.23. The molecule has 1 aliphatic rings. The molecular weight excluding hydrogens is 300 g/mol. The van der Waals surface area contributed by atoms with Gasteiger partial charge in [0.2, 0.25) is 5.92 Å². The third-order valence-corrected chi connectivity index (χ3v) is 3.46. The van der Waals surface area contributed by atoms with Gasteiger partial charge in [-0.25, -0.2) is 13.6 Å². The number of hydrogen-bond acceptors (Lipinski definition) is 2. The summed E-state index contributed by atoms with van der Waals surface area (Å²) in [5.41, 5.74) is 0. The highest BCUT2D eigenvalue weighted by Crippen LogP contribution is 2.38. The Balaban J connectivity index is 2.75. The van der Waals surface area contributed by atoms with E-state index in [9.17, 15) is 18.4 Å². The Morgan fingerprint density at radius 3 is 2.65 bits per heavy atom. The third kappa shape index (κ3) is 4.22. The summed E-state index contributed by atoms with van der Waals surface area (Å²) in [6, 6.07) is -1.04. The molecule has 2 atom stereocenters. The van der Waals surface area contributed by atoms with Gasteiger partial charge in [0.1, 0.15) is 0 Å². The number of carboxylic acid groups (broad SMARTS) is 1. The van der Waals surface area contributed by atoms with Crippen LogP contribution in [0.4, 0.5) is 13.6 Å². The Morgan fingerprint density at radius 1 is 1.53 bits per heavy atom. The van der Waals surface area contributed by atoms with Crippen molar-refractivity contribution in [2.45, 2.75) is 37.6 Å². The Kier molecular flexibility index (Phi) is 4.85. The highest BCUT2D eigenvalue weighted by molar-refractivity contribution is 9.09. The summed E-state index contributed by atoms with van der Waals surface area (Å²) in [6.07, 6.45) is -1.23. The van der Waals surface area contributed by atoms with E-state index in [1.165, 1.54) is 0 Å². The number of amides is 1. The topological polar surface area (TPSA) is 66.4 Å². The van der Waals surface area contributed by atoms with Crippen LogP contribution in [0.2, 0.25) is 0 Å². The van der Waals surface area contributed by atoms with Gasteiger partial charge in [-0.15, -0.1) is 0 Å². The van der Waals surface area contributed by atoms with Crippen LogP contribution in [0, 0.1) is 5.92 Å². The van der Waals surface area contributed by atoms with Crippen molar-refractivity contribution in [1.29, 1.82) is 0 Å². The van der Waals surface area contributed by atoms with E-state index in [0.717, 1.165) is 0 Å². The van der Waals surface area contributed by atoms with Gasteiger partial charge in [-0.3, -0.25) is 4.79 Å². The molecule has 1 amide bonds. The van der Waals surface area contributed by atoms with Crippen molar-refractivity contribution in [3.8, 4) is 0 Å². The standard InChI is InChI=1S/C10H14BrF2NO3/c11-5-7(15)8(14-9(16)17)6-2-1-3-10(12,13)4-6/h6,8,14H,1-5H2,(H,16,17). The zero-order valence-corrected chi connectivity index (χ0v) is 10.7. The fourth-order valence-electron chi connectivity index (χ4n) is 2.17. The van der Waals surface area contributed by atoms with Gasteiger partial charge in [0.05, 0.1) is 11.4 Å². The number of alkyl halides is 3. The predicted molar refractivity (Wildman–Crippen MR) is 60.7 cm³/mol. The van der Waals surface area contributed by atoms with Crippen LogP contribution in [0.1, 0.15) is 25.7 Å². The molecule has 0 saturated heterocycles. The quantitative estimate of drug-likeness (QED) is 0.783. The first kappa shape index (κ1) is 14.3. The number of Topliss-reactive ketones (excluding diaryl/α,β-unsaturated/α-hetero) is 1. The molecule has 0 aromatic rings. The maximum Gasteiger partial charge on any atom is 0.405 e. The lowest BCUT2D eigenvalue weighted by molar-refractivity contribution is -0.122. The molecule has 0 radical (unpaired) electrons. The number of carbonyl (C=O) groups excluding carboxylic acids is 1. The number of ketones is 1. The number of halogens is 3. The van der Waals surface area contributed by atoms with E-state index >= 15 is 0 Å². The number of hydrogen-bond donors (Lipinski definition) is 2. The second-order valence-corrected chi connectivity index (χ2v) is 4.80. The highest BCUT2D eigenvalue weighted by atomic mass is 79.9. The Bertz CT molecular complexity index is 312. The van der Waals surface area contributed by atoms with Crippen molar-refractivity contribution < 1.29 is 23.5 Å². The molecule has 2 unspecified atom stereocenters. The van der Waals surface area contributed by atoms with Crippen molar-refractivity contribution in [1.82, 2.24) is 5.32 Å². The zero-order valence-electron chi connectivity index (χ0n) is 9.09. The molecule has 98 valence electrons.